The number of benzene rings is 1. The zero-order valence-electron chi connectivity index (χ0n) is 16.4. The van der Waals surface area contributed by atoms with Crippen LogP contribution in [0.4, 0.5) is 5.69 Å². The molecule has 0 radical (unpaired) electrons. The largest absolute Gasteiger partial charge is 0.395 e. The fraction of sp³-hybridized carbons (Fsp3) is 0.238. The van der Waals surface area contributed by atoms with Gasteiger partial charge in [0.25, 0.3) is 5.91 Å². The number of aromatic amines is 1. The molecule has 1 aromatic carbocycles. The van der Waals surface area contributed by atoms with Gasteiger partial charge in [0.15, 0.2) is 0 Å². The third-order valence-corrected chi connectivity index (χ3v) is 5.23. The van der Waals surface area contributed by atoms with Crippen LogP contribution >= 0.6 is 11.6 Å². The van der Waals surface area contributed by atoms with Gasteiger partial charge in [-0.2, -0.15) is 0 Å². The van der Waals surface area contributed by atoms with Crippen LogP contribution in [-0.2, 0) is 16.0 Å². The van der Waals surface area contributed by atoms with Gasteiger partial charge in [0, 0.05) is 24.0 Å². The van der Waals surface area contributed by atoms with Crippen molar-refractivity contribution < 1.29 is 19.5 Å². The van der Waals surface area contributed by atoms with Gasteiger partial charge < -0.3 is 25.6 Å². The van der Waals surface area contributed by atoms with Gasteiger partial charge >= 0.3 is 0 Å². The number of anilines is 1. The first-order chi connectivity index (χ1) is 15.0. The Morgan fingerprint density at radius 2 is 2.10 bits per heavy atom. The zero-order valence-corrected chi connectivity index (χ0v) is 17.1. The van der Waals surface area contributed by atoms with Crippen LogP contribution in [0.1, 0.15) is 16.1 Å². The molecule has 0 spiro atoms. The van der Waals surface area contributed by atoms with Crippen molar-refractivity contribution in [2.45, 2.75) is 12.5 Å². The molecule has 0 saturated carbocycles. The van der Waals surface area contributed by atoms with E-state index in [1.807, 2.05) is 12.1 Å². The first-order valence-corrected chi connectivity index (χ1v) is 10.1. The number of amides is 3. The summed E-state index contributed by atoms with van der Waals surface area (Å²) in [5, 5.41) is 15.2. The van der Waals surface area contributed by atoms with E-state index >= 15 is 0 Å². The summed E-state index contributed by atoms with van der Waals surface area (Å²) in [6.07, 6.45) is 1.84. The Kier molecular flexibility index (Phi) is 5.88. The minimum absolute atomic E-state index is 0.0991. The number of H-pyrrole nitrogens is 1. The molecule has 3 heterocycles. The molecule has 9 nitrogen and oxygen atoms in total. The summed E-state index contributed by atoms with van der Waals surface area (Å²) in [4.78, 5) is 46.4. The molecular formula is C21H20ClN5O4. The number of carbonyl (C=O) groups excluding carboxylic acids is 3. The normalized spacial score (nSPS) is 15.6. The van der Waals surface area contributed by atoms with Gasteiger partial charge in [-0.3, -0.25) is 14.4 Å². The van der Waals surface area contributed by atoms with Crippen LogP contribution in [0.25, 0.3) is 10.9 Å². The van der Waals surface area contributed by atoms with Crippen molar-refractivity contribution in [1.29, 1.82) is 0 Å². The molecule has 0 fully saturated rings. The Balaban J connectivity index is 1.55. The van der Waals surface area contributed by atoms with Crippen LogP contribution in [0, 0.1) is 0 Å². The van der Waals surface area contributed by atoms with Crippen LogP contribution in [-0.4, -0.2) is 58.5 Å². The van der Waals surface area contributed by atoms with E-state index in [0.717, 1.165) is 10.9 Å². The minimum Gasteiger partial charge on any atom is -0.395 e. The predicted molar refractivity (Wildman–Crippen MR) is 115 cm³/mol. The van der Waals surface area contributed by atoms with Crippen LogP contribution in [0.5, 0.6) is 0 Å². The van der Waals surface area contributed by atoms with Crippen molar-refractivity contribution in [3.63, 3.8) is 0 Å². The minimum atomic E-state index is -0.832. The number of hydrogen-bond acceptors (Lipinski definition) is 5. The summed E-state index contributed by atoms with van der Waals surface area (Å²) in [5.74, 6) is -1.23. The van der Waals surface area contributed by atoms with Gasteiger partial charge in [0.2, 0.25) is 11.8 Å². The second-order valence-corrected chi connectivity index (χ2v) is 7.52. The van der Waals surface area contributed by atoms with E-state index < -0.39 is 17.9 Å². The van der Waals surface area contributed by atoms with Crippen molar-refractivity contribution in [1.82, 2.24) is 20.6 Å². The molecule has 4 N–H and O–H groups in total. The Morgan fingerprint density at radius 1 is 1.29 bits per heavy atom. The molecule has 3 aromatic rings. The van der Waals surface area contributed by atoms with Gasteiger partial charge in [-0.25, -0.2) is 4.98 Å². The summed E-state index contributed by atoms with van der Waals surface area (Å²) in [6.45, 7) is -0.305. The van der Waals surface area contributed by atoms with Gasteiger partial charge in [0.1, 0.15) is 23.4 Å². The van der Waals surface area contributed by atoms with E-state index in [4.69, 9.17) is 16.7 Å². The number of fused-ring (bicyclic) bond motifs is 2. The second kappa shape index (κ2) is 8.75. The number of nitrogens with zero attached hydrogens (tertiary/aromatic N) is 2. The quantitative estimate of drug-likeness (QED) is 0.424. The lowest BCUT2D eigenvalue weighted by atomic mass is 9.97. The standard InChI is InChI=1S/C21H20ClN5O4/c22-18-9-13-8-14(25-16(13)10-24-18)20(30)26-15-7-12-3-1-2-4-17(12)27(21(15)31)11-19(29)23-5-6-28/h1-4,8-10,15,25,28H,5-7,11H2,(H,23,29)(H,26,30). The lowest BCUT2D eigenvalue weighted by Crippen LogP contribution is -2.55. The summed E-state index contributed by atoms with van der Waals surface area (Å²) in [7, 11) is 0. The van der Waals surface area contributed by atoms with Crippen molar-refractivity contribution in [2.75, 3.05) is 24.6 Å². The number of aromatic nitrogens is 2. The Hall–Kier alpha value is -3.43. The average molecular weight is 442 g/mol. The molecule has 4 rings (SSSR count). The fourth-order valence-corrected chi connectivity index (χ4v) is 3.76. The highest BCUT2D eigenvalue weighted by Gasteiger charge is 2.35. The van der Waals surface area contributed by atoms with E-state index in [-0.39, 0.29) is 31.3 Å². The molecule has 1 aliphatic rings. The molecule has 0 aliphatic carbocycles. The summed E-state index contributed by atoms with van der Waals surface area (Å²) >= 11 is 5.90. The maximum atomic E-state index is 13.1. The number of halogens is 1. The molecule has 160 valence electrons. The molecule has 1 unspecified atom stereocenters. The number of nitrogens with one attached hydrogen (secondary N) is 3. The summed E-state index contributed by atoms with van der Waals surface area (Å²) in [6, 6.07) is 9.69. The van der Waals surface area contributed by atoms with Crippen molar-refractivity contribution in [3.05, 3.63) is 59.0 Å². The fourth-order valence-electron chi connectivity index (χ4n) is 3.59. The predicted octanol–water partition coefficient (Wildman–Crippen LogP) is 1.01. The maximum absolute atomic E-state index is 13.1. The Bertz CT molecular complexity index is 1160. The van der Waals surface area contributed by atoms with Crippen LogP contribution in [0.2, 0.25) is 5.15 Å². The topological polar surface area (TPSA) is 127 Å². The molecule has 10 heteroatoms. The van der Waals surface area contributed by atoms with Crippen molar-refractivity contribution in [3.8, 4) is 0 Å². The molecular weight excluding hydrogens is 422 g/mol. The Labute approximate surface area is 182 Å². The third kappa shape index (κ3) is 4.37. The van der Waals surface area contributed by atoms with E-state index in [2.05, 4.69) is 20.6 Å². The van der Waals surface area contributed by atoms with E-state index in [0.29, 0.717) is 22.8 Å². The van der Waals surface area contributed by atoms with E-state index in [1.54, 1.807) is 24.3 Å². The molecule has 2 aromatic heterocycles. The van der Waals surface area contributed by atoms with Crippen LogP contribution in [0.15, 0.2) is 42.6 Å². The van der Waals surface area contributed by atoms with Crippen LogP contribution in [0.3, 0.4) is 0 Å². The van der Waals surface area contributed by atoms with Crippen molar-refractivity contribution >= 4 is 45.9 Å². The van der Waals surface area contributed by atoms with E-state index in [9.17, 15) is 14.4 Å². The van der Waals surface area contributed by atoms with Gasteiger partial charge in [0.05, 0.1) is 18.3 Å². The van der Waals surface area contributed by atoms with Gasteiger partial charge in [-0.15, -0.1) is 0 Å². The zero-order chi connectivity index (χ0) is 22.0. The first kappa shape index (κ1) is 20.8. The van der Waals surface area contributed by atoms with Gasteiger partial charge in [-0.1, -0.05) is 29.8 Å². The maximum Gasteiger partial charge on any atom is 0.268 e. The second-order valence-electron chi connectivity index (χ2n) is 7.13. The number of rotatable bonds is 6. The van der Waals surface area contributed by atoms with Gasteiger partial charge in [-0.05, 0) is 23.8 Å². The summed E-state index contributed by atoms with van der Waals surface area (Å²) in [5.41, 5.74) is 2.40. The smallest absolute Gasteiger partial charge is 0.268 e. The highest BCUT2D eigenvalue weighted by Crippen LogP contribution is 2.28. The number of hydrogen-bond donors (Lipinski definition) is 4. The monoisotopic (exact) mass is 441 g/mol. The first-order valence-electron chi connectivity index (χ1n) is 9.68. The molecule has 0 bridgehead atoms. The average Bonchev–Trinajstić information content (AvgIpc) is 3.18. The molecule has 31 heavy (non-hydrogen) atoms. The number of pyridine rings is 1. The molecule has 1 aliphatic heterocycles. The third-order valence-electron chi connectivity index (χ3n) is 5.03. The SMILES string of the molecule is O=C(CN1C(=O)C(NC(=O)c2cc3cc(Cl)ncc3[nH]2)Cc2ccccc21)NCCO. The molecule has 0 saturated heterocycles. The number of aliphatic hydroxyl groups is 1. The highest BCUT2D eigenvalue weighted by molar-refractivity contribution is 6.30. The summed E-state index contributed by atoms with van der Waals surface area (Å²) < 4.78 is 0. The number of carbonyl (C=O) groups is 3. The lowest BCUT2D eigenvalue weighted by Gasteiger charge is -2.34. The highest BCUT2D eigenvalue weighted by atomic mass is 35.5. The molecule has 3 amide bonds. The van der Waals surface area contributed by atoms with E-state index in [1.165, 1.54) is 11.1 Å². The Morgan fingerprint density at radius 3 is 2.90 bits per heavy atom. The number of para-hydroxylation sites is 1. The van der Waals surface area contributed by atoms with Crippen molar-refractivity contribution in [2.24, 2.45) is 0 Å². The molecule has 1 atom stereocenters. The number of aliphatic hydroxyl groups excluding tert-OH is 1. The lowest BCUT2D eigenvalue weighted by molar-refractivity contribution is -0.125. The van der Waals surface area contributed by atoms with Crippen LogP contribution < -0.4 is 15.5 Å².